The minimum atomic E-state index is -0.906. The molecule has 2 aromatic carbocycles. The lowest BCUT2D eigenvalue weighted by atomic mass is 9.73. The fourth-order valence-electron chi connectivity index (χ4n) is 5.35. The first kappa shape index (κ1) is 24.4. The van der Waals surface area contributed by atoms with Crippen LogP contribution < -0.4 is 19.9 Å². The molecule has 2 saturated heterocycles. The summed E-state index contributed by atoms with van der Waals surface area (Å²) in [5.41, 5.74) is 2.86. The number of carbonyl (C=O) groups excluding carboxylic acids is 2. The largest absolute Gasteiger partial charge is 0.489 e. The average molecular weight is 521 g/mol. The Hall–Kier alpha value is -3.99. The second-order valence-electron chi connectivity index (χ2n) is 10.3. The lowest BCUT2D eigenvalue weighted by Crippen LogP contribution is -2.58. The Morgan fingerprint density at radius 2 is 1.95 bits per heavy atom. The highest BCUT2D eigenvalue weighted by Gasteiger charge is 2.44. The standard InChI is InChI=1S/C27H29FN6O4/c1-33-21-13-19(34-15-27(16-34)8-10-37-11-9-27)6-7-22(21)38-14-20(26(33)36)29-25(35)24-30-23(31-32-24)12-17-2-4-18(28)5-3-17/h2-7,13,20H,8-12,14-16H2,1H3,(H,29,35)(H,30,31,32). The molecule has 1 atom stereocenters. The molecule has 2 fully saturated rings. The van der Waals surface area contributed by atoms with Crippen molar-refractivity contribution in [2.24, 2.45) is 5.41 Å². The Bertz CT molecular complexity index is 1350. The predicted molar refractivity (Wildman–Crippen MR) is 137 cm³/mol. The van der Waals surface area contributed by atoms with Crippen LogP contribution in [0.3, 0.4) is 0 Å². The van der Waals surface area contributed by atoms with Crippen LogP contribution in [0.2, 0.25) is 0 Å². The summed E-state index contributed by atoms with van der Waals surface area (Å²) in [7, 11) is 1.68. The Kier molecular flexibility index (Phi) is 6.22. The molecule has 0 bridgehead atoms. The molecule has 1 aromatic heterocycles. The normalized spacial score (nSPS) is 20.4. The van der Waals surface area contributed by atoms with Crippen molar-refractivity contribution in [3.05, 3.63) is 65.5 Å². The number of hydrogen-bond acceptors (Lipinski definition) is 7. The summed E-state index contributed by atoms with van der Waals surface area (Å²) in [4.78, 5) is 34.2. The number of likely N-dealkylation sites (N-methyl/N-ethyl adjacent to an activating group) is 1. The first-order valence-corrected chi connectivity index (χ1v) is 12.7. The van der Waals surface area contributed by atoms with Crippen molar-refractivity contribution in [2.45, 2.75) is 25.3 Å². The van der Waals surface area contributed by atoms with E-state index in [1.54, 1.807) is 19.2 Å². The summed E-state index contributed by atoms with van der Waals surface area (Å²) in [6, 6.07) is 11.0. The summed E-state index contributed by atoms with van der Waals surface area (Å²) in [5.74, 6) is -0.245. The number of anilines is 2. The van der Waals surface area contributed by atoms with Crippen LogP contribution in [0, 0.1) is 11.2 Å². The SMILES string of the molecule is CN1C(=O)C(NC(=O)c2n[nH]c(Cc3ccc(F)cc3)n2)COc2ccc(N3CC4(CCOCC4)C3)cc21. The van der Waals surface area contributed by atoms with Crippen LogP contribution in [-0.4, -0.2) is 73.0 Å². The molecule has 38 heavy (non-hydrogen) atoms. The van der Waals surface area contributed by atoms with E-state index < -0.39 is 11.9 Å². The van der Waals surface area contributed by atoms with Crippen LogP contribution in [0.15, 0.2) is 42.5 Å². The zero-order chi connectivity index (χ0) is 26.3. The fraction of sp³-hybridized carbons (Fsp3) is 0.407. The van der Waals surface area contributed by atoms with Gasteiger partial charge in [0.15, 0.2) is 0 Å². The van der Waals surface area contributed by atoms with Crippen molar-refractivity contribution in [1.29, 1.82) is 0 Å². The maximum Gasteiger partial charge on any atom is 0.291 e. The molecule has 2 N–H and O–H groups in total. The van der Waals surface area contributed by atoms with Crippen LogP contribution in [0.4, 0.5) is 15.8 Å². The lowest BCUT2D eigenvalue weighted by molar-refractivity contribution is -0.120. The summed E-state index contributed by atoms with van der Waals surface area (Å²) in [5, 5.41) is 9.41. The number of hydrogen-bond donors (Lipinski definition) is 2. The number of amides is 2. The number of halogens is 1. The predicted octanol–water partition coefficient (Wildman–Crippen LogP) is 2.31. The van der Waals surface area contributed by atoms with E-state index >= 15 is 0 Å². The molecule has 198 valence electrons. The van der Waals surface area contributed by atoms with Gasteiger partial charge in [0.1, 0.15) is 30.0 Å². The lowest BCUT2D eigenvalue weighted by Gasteiger charge is -2.53. The number of ether oxygens (including phenoxy) is 2. The smallest absolute Gasteiger partial charge is 0.291 e. The average Bonchev–Trinajstić information content (AvgIpc) is 3.35. The molecule has 0 aliphatic carbocycles. The Morgan fingerprint density at radius 1 is 1.18 bits per heavy atom. The van der Waals surface area contributed by atoms with Crippen molar-refractivity contribution in [3.63, 3.8) is 0 Å². The Balaban J connectivity index is 1.10. The molecule has 2 amide bonds. The quantitative estimate of drug-likeness (QED) is 0.531. The molecule has 3 aromatic rings. The van der Waals surface area contributed by atoms with E-state index in [4.69, 9.17) is 9.47 Å². The summed E-state index contributed by atoms with van der Waals surface area (Å²) in [6.45, 7) is 3.58. The maximum absolute atomic E-state index is 13.3. The van der Waals surface area contributed by atoms with Gasteiger partial charge in [-0.25, -0.2) is 9.37 Å². The monoisotopic (exact) mass is 520 g/mol. The first-order chi connectivity index (χ1) is 18.4. The van der Waals surface area contributed by atoms with Gasteiger partial charge in [-0.1, -0.05) is 12.1 Å². The third kappa shape index (κ3) is 4.69. The van der Waals surface area contributed by atoms with Gasteiger partial charge in [0.25, 0.3) is 11.8 Å². The third-order valence-electron chi connectivity index (χ3n) is 7.63. The zero-order valence-electron chi connectivity index (χ0n) is 21.1. The van der Waals surface area contributed by atoms with E-state index in [0.717, 1.165) is 50.4 Å². The molecular weight excluding hydrogens is 491 g/mol. The molecule has 4 heterocycles. The van der Waals surface area contributed by atoms with Gasteiger partial charge in [-0.2, -0.15) is 0 Å². The third-order valence-corrected chi connectivity index (χ3v) is 7.63. The van der Waals surface area contributed by atoms with Gasteiger partial charge < -0.3 is 24.6 Å². The number of fused-ring (bicyclic) bond motifs is 1. The minimum absolute atomic E-state index is 0.0130. The van der Waals surface area contributed by atoms with E-state index in [0.29, 0.717) is 29.1 Å². The van der Waals surface area contributed by atoms with Gasteiger partial charge >= 0.3 is 0 Å². The molecule has 3 aliphatic rings. The van der Waals surface area contributed by atoms with E-state index in [9.17, 15) is 14.0 Å². The molecular formula is C27H29FN6O4. The highest BCUT2D eigenvalue weighted by atomic mass is 19.1. The fourth-order valence-corrected chi connectivity index (χ4v) is 5.35. The number of aromatic nitrogens is 3. The van der Waals surface area contributed by atoms with Gasteiger partial charge in [-0.15, -0.1) is 5.10 Å². The zero-order valence-corrected chi connectivity index (χ0v) is 21.1. The molecule has 1 spiro atoms. The molecule has 6 rings (SSSR count). The second kappa shape index (κ2) is 9.71. The Morgan fingerprint density at radius 3 is 2.71 bits per heavy atom. The number of nitrogens with zero attached hydrogens (tertiary/aromatic N) is 4. The molecule has 3 aliphatic heterocycles. The van der Waals surface area contributed by atoms with E-state index in [1.165, 1.54) is 17.0 Å². The van der Waals surface area contributed by atoms with Crippen LogP contribution in [0.25, 0.3) is 0 Å². The molecule has 0 radical (unpaired) electrons. The number of rotatable bonds is 5. The molecule has 11 heteroatoms. The van der Waals surface area contributed by atoms with Crippen molar-refractivity contribution >= 4 is 23.2 Å². The van der Waals surface area contributed by atoms with E-state index in [2.05, 4.69) is 25.4 Å². The highest BCUT2D eigenvalue weighted by Crippen LogP contribution is 2.44. The molecule has 10 nitrogen and oxygen atoms in total. The summed E-state index contributed by atoms with van der Waals surface area (Å²) >= 11 is 0. The topological polar surface area (TPSA) is 113 Å². The number of benzene rings is 2. The van der Waals surface area contributed by atoms with Crippen molar-refractivity contribution in [1.82, 2.24) is 20.5 Å². The van der Waals surface area contributed by atoms with E-state index in [1.807, 2.05) is 18.2 Å². The van der Waals surface area contributed by atoms with Gasteiger partial charge in [0.05, 0.1) is 5.69 Å². The maximum atomic E-state index is 13.3. The van der Waals surface area contributed by atoms with Crippen molar-refractivity contribution < 1.29 is 23.5 Å². The van der Waals surface area contributed by atoms with Gasteiger partial charge in [-0.3, -0.25) is 14.7 Å². The van der Waals surface area contributed by atoms with Crippen LogP contribution in [0.5, 0.6) is 5.75 Å². The molecule has 0 saturated carbocycles. The number of carbonyl (C=O) groups is 2. The number of aromatic amines is 1. The summed E-state index contributed by atoms with van der Waals surface area (Å²) in [6.07, 6.45) is 2.52. The van der Waals surface area contributed by atoms with Crippen LogP contribution >= 0.6 is 0 Å². The van der Waals surface area contributed by atoms with Gasteiger partial charge in [-0.05, 0) is 48.7 Å². The molecule has 1 unspecified atom stereocenters. The summed E-state index contributed by atoms with van der Waals surface area (Å²) < 4.78 is 24.6. The minimum Gasteiger partial charge on any atom is -0.489 e. The number of H-pyrrole nitrogens is 1. The van der Waals surface area contributed by atoms with Crippen molar-refractivity contribution in [2.75, 3.05) is 49.8 Å². The number of nitrogens with one attached hydrogen (secondary N) is 2. The Labute approximate surface area is 219 Å². The van der Waals surface area contributed by atoms with Gasteiger partial charge in [0, 0.05) is 50.9 Å². The highest BCUT2D eigenvalue weighted by molar-refractivity contribution is 6.02. The van der Waals surface area contributed by atoms with Gasteiger partial charge in [0.2, 0.25) is 5.82 Å². The van der Waals surface area contributed by atoms with Crippen LogP contribution in [-0.2, 0) is 16.0 Å². The van der Waals surface area contributed by atoms with E-state index in [-0.39, 0.29) is 24.2 Å². The second-order valence-corrected chi connectivity index (χ2v) is 10.3. The first-order valence-electron chi connectivity index (χ1n) is 12.7. The van der Waals surface area contributed by atoms with Crippen molar-refractivity contribution in [3.8, 4) is 5.75 Å². The van der Waals surface area contributed by atoms with Crippen LogP contribution in [0.1, 0.15) is 34.8 Å².